The van der Waals surface area contributed by atoms with Gasteiger partial charge in [-0.25, -0.2) is 8.42 Å². The summed E-state index contributed by atoms with van der Waals surface area (Å²) in [4.78, 5) is 11.0. The molecule has 0 aromatic carbocycles. The number of carbonyl (C=O) groups excluding carboxylic acids is 1. The Morgan fingerprint density at radius 3 is 2.46 bits per heavy atom. The van der Waals surface area contributed by atoms with Gasteiger partial charge in [-0.3, -0.25) is 4.79 Å². The Hall–Kier alpha value is -0.620. The lowest BCUT2D eigenvalue weighted by atomic mass is 10.2. The highest BCUT2D eigenvalue weighted by molar-refractivity contribution is 7.90. The zero-order valence-corrected chi connectivity index (χ0v) is 8.73. The zero-order valence-electron chi connectivity index (χ0n) is 7.91. The first-order valence-electron chi connectivity index (χ1n) is 4.01. The van der Waals surface area contributed by atoms with Crippen molar-refractivity contribution in [2.24, 2.45) is 5.73 Å². The summed E-state index contributed by atoms with van der Waals surface area (Å²) in [7, 11) is -2.99. The highest BCUT2D eigenvalue weighted by Crippen LogP contribution is 1.86. The quantitative estimate of drug-likeness (QED) is 0.599. The maximum absolute atomic E-state index is 11.0. The van der Waals surface area contributed by atoms with Crippen LogP contribution in [-0.4, -0.2) is 38.9 Å². The normalized spacial score (nSPS) is 13.8. The van der Waals surface area contributed by atoms with Crippen molar-refractivity contribution in [1.82, 2.24) is 5.32 Å². The van der Waals surface area contributed by atoms with Gasteiger partial charge in [0.25, 0.3) is 0 Å². The zero-order chi connectivity index (χ0) is 10.5. The van der Waals surface area contributed by atoms with Crippen LogP contribution in [0.5, 0.6) is 0 Å². The lowest BCUT2D eigenvalue weighted by molar-refractivity contribution is -0.121. The van der Waals surface area contributed by atoms with Crippen molar-refractivity contribution in [3.63, 3.8) is 0 Å². The summed E-state index contributed by atoms with van der Waals surface area (Å²) in [6.07, 6.45) is 1.36. The second-order valence-corrected chi connectivity index (χ2v) is 5.42. The number of nitrogens with one attached hydrogen (secondary N) is 1. The van der Waals surface area contributed by atoms with E-state index in [4.69, 9.17) is 5.73 Å². The van der Waals surface area contributed by atoms with Crippen LogP contribution in [0.3, 0.4) is 0 Å². The van der Waals surface area contributed by atoms with Gasteiger partial charge in [0.05, 0.1) is 5.75 Å². The van der Waals surface area contributed by atoms with Crippen LogP contribution >= 0.6 is 0 Å². The van der Waals surface area contributed by atoms with Gasteiger partial charge in [-0.2, -0.15) is 0 Å². The number of hydrogen-bond donors (Lipinski definition) is 2. The number of sulfone groups is 1. The van der Waals surface area contributed by atoms with Crippen LogP contribution in [0, 0.1) is 0 Å². The van der Waals surface area contributed by atoms with Gasteiger partial charge >= 0.3 is 0 Å². The van der Waals surface area contributed by atoms with Crippen LogP contribution in [0.15, 0.2) is 0 Å². The van der Waals surface area contributed by atoms with Crippen molar-refractivity contribution in [1.29, 1.82) is 0 Å². The molecule has 0 saturated heterocycles. The minimum absolute atomic E-state index is 0.0301. The SMILES string of the molecule is CC(N)CC(=O)NCCS(C)(=O)=O. The molecule has 0 fully saturated rings. The molecular formula is C7H16N2O3S. The molecule has 6 heteroatoms. The summed E-state index contributed by atoms with van der Waals surface area (Å²) >= 11 is 0. The Kier molecular flexibility index (Phi) is 4.94. The molecule has 0 saturated carbocycles. The van der Waals surface area contributed by atoms with Crippen LogP contribution in [-0.2, 0) is 14.6 Å². The van der Waals surface area contributed by atoms with Crippen molar-refractivity contribution in [2.75, 3.05) is 18.6 Å². The second kappa shape index (κ2) is 5.18. The van der Waals surface area contributed by atoms with E-state index < -0.39 is 9.84 Å². The number of rotatable bonds is 5. The van der Waals surface area contributed by atoms with Crippen LogP contribution in [0.4, 0.5) is 0 Å². The van der Waals surface area contributed by atoms with Gasteiger partial charge in [0, 0.05) is 25.3 Å². The molecule has 78 valence electrons. The van der Waals surface area contributed by atoms with Crippen molar-refractivity contribution >= 4 is 15.7 Å². The highest BCUT2D eigenvalue weighted by Gasteiger charge is 2.06. The second-order valence-electron chi connectivity index (χ2n) is 3.16. The third-order valence-corrected chi connectivity index (χ3v) is 2.25. The third kappa shape index (κ3) is 9.29. The first-order chi connectivity index (χ1) is 5.81. The smallest absolute Gasteiger partial charge is 0.221 e. The first-order valence-corrected chi connectivity index (χ1v) is 6.07. The van der Waals surface area contributed by atoms with Crippen molar-refractivity contribution in [2.45, 2.75) is 19.4 Å². The molecule has 0 heterocycles. The number of nitrogens with two attached hydrogens (primary N) is 1. The lowest BCUT2D eigenvalue weighted by Crippen LogP contribution is -2.32. The number of carbonyl (C=O) groups is 1. The van der Waals surface area contributed by atoms with Gasteiger partial charge in [0.1, 0.15) is 9.84 Å². The molecule has 0 rings (SSSR count). The maximum Gasteiger partial charge on any atom is 0.221 e. The fraction of sp³-hybridized carbons (Fsp3) is 0.857. The van der Waals surface area contributed by atoms with Crippen molar-refractivity contribution < 1.29 is 13.2 Å². The Bertz CT molecular complexity index is 259. The van der Waals surface area contributed by atoms with Crippen molar-refractivity contribution in [3.8, 4) is 0 Å². The molecule has 0 aromatic heterocycles. The molecule has 0 aliphatic heterocycles. The lowest BCUT2D eigenvalue weighted by Gasteiger charge is -2.05. The largest absolute Gasteiger partial charge is 0.355 e. The molecular weight excluding hydrogens is 192 g/mol. The van der Waals surface area contributed by atoms with E-state index in [1.54, 1.807) is 6.92 Å². The molecule has 5 nitrogen and oxygen atoms in total. The van der Waals surface area contributed by atoms with Crippen LogP contribution in [0.1, 0.15) is 13.3 Å². The monoisotopic (exact) mass is 208 g/mol. The summed E-state index contributed by atoms with van der Waals surface area (Å²) < 4.78 is 21.3. The van der Waals surface area contributed by atoms with E-state index in [2.05, 4.69) is 5.32 Å². The standard InChI is InChI=1S/C7H16N2O3S/c1-6(8)5-7(10)9-3-4-13(2,11)12/h6H,3-5,8H2,1-2H3,(H,9,10). The van der Waals surface area contributed by atoms with Gasteiger partial charge in [0.15, 0.2) is 0 Å². The topological polar surface area (TPSA) is 89.3 Å². The molecule has 0 radical (unpaired) electrons. The molecule has 1 unspecified atom stereocenters. The van der Waals surface area contributed by atoms with Gasteiger partial charge < -0.3 is 11.1 Å². The molecule has 0 aromatic rings. The Labute approximate surface area is 78.6 Å². The summed E-state index contributed by atoms with van der Waals surface area (Å²) in [5, 5.41) is 2.47. The summed E-state index contributed by atoms with van der Waals surface area (Å²) in [6.45, 7) is 1.88. The van der Waals surface area contributed by atoms with E-state index in [-0.39, 0.29) is 30.7 Å². The Morgan fingerprint density at radius 1 is 1.54 bits per heavy atom. The molecule has 0 spiro atoms. The number of amides is 1. The Morgan fingerprint density at radius 2 is 2.08 bits per heavy atom. The fourth-order valence-electron chi connectivity index (χ4n) is 0.740. The summed E-state index contributed by atoms with van der Waals surface area (Å²) in [5.74, 6) is -0.240. The van der Waals surface area contributed by atoms with E-state index in [1.165, 1.54) is 0 Å². The minimum atomic E-state index is -2.99. The summed E-state index contributed by atoms with van der Waals surface area (Å²) in [5.41, 5.74) is 5.37. The maximum atomic E-state index is 11.0. The molecule has 0 bridgehead atoms. The van der Waals surface area contributed by atoms with Crippen molar-refractivity contribution in [3.05, 3.63) is 0 Å². The van der Waals surface area contributed by atoms with Gasteiger partial charge in [-0.1, -0.05) is 0 Å². The first kappa shape index (κ1) is 12.4. The van der Waals surface area contributed by atoms with Crippen LogP contribution < -0.4 is 11.1 Å². The minimum Gasteiger partial charge on any atom is -0.355 e. The van der Waals surface area contributed by atoms with Crippen LogP contribution in [0.25, 0.3) is 0 Å². The molecule has 3 N–H and O–H groups in total. The molecule has 0 aliphatic carbocycles. The fourth-order valence-corrected chi connectivity index (χ4v) is 1.21. The van der Waals surface area contributed by atoms with Gasteiger partial charge in [-0.05, 0) is 6.92 Å². The van der Waals surface area contributed by atoms with Gasteiger partial charge in [0.2, 0.25) is 5.91 Å². The molecule has 1 amide bonds. The predicted molar refractivity (Wildman–Crippen MR) is 51.0 cm³/mol. The van der Waals surface area contributed by atoms with E-state index in [0.717, 1.165) is 6.26 Å². The van der Waals surface area contributed by atoms with Crippen LogP contribution in [0.2, 0.25) is 0 Å². The third-order valence-electron chi connectivity index (χ3n) is 1.30. The van der Waals surface area contributed by atoms with E-state index in [1.807, 2.05) is 0 Å². The molecule has 0 aliphatic rings. The van der Waals surface area contributed by atoms with E-state index >= 15 is 0 Å². The summed E-state index contributed by atoms with van der Waals surface area (Å²) in [6, 6.07) is -0.196. The highest BCUT2D eigenvalue weighted by atomic mass is 32.2. The predicted octanol–water partition coefficient (Wildman–Crippen LogP) is -1.12. The van der Waals surface area contributed by atoms with E-state index in [9.17, 15) is 13.2 Å². The van der Waals surface area contributed by atoms with E-state index in [0.29, 0.717) is 0 Å². The average molecular weight is 208 g/mol. The van der Waals surface area contributed by atoms with Gasteiger partial charge in [-0.15, -0.1) is 0 Å². The molecule has 1 atom stereocenters. The Balaban J connectivity index is 3.61. The molecule has 13 heavy (non-hydrogen) atoms. The number of hydrogen-bond acceptors (Lipinski definition) is 4. The average Bonchev–Trinajstić information content (AvgIpc) is 1.81.